The van der Waals surface area contributed by atoms with Gasteiger partial charge in [-0.3, -0.25) is 0 Å². The minimum absolute atomic E-state index is 0.000995. The van der Waals surface area contributed by atoms with Crippen LogP contribution in [0, 0.1) is 0 Å². The van der Waals surface area contributed by atoms with Crippen LogP contribution in [0.3, 0.4) is 0 Å². The Labute approximate surface area is 152 Å². The Bertz CT molecular complexity index is 851. The molecule has 2 aromatic carbocycles. The number of alkyl carbamates (subject to hydrolysis) is 1. The maximum Gasteiger partial charge on any atom is 0.407 e. The molecular formula is C20H22NO4P. The lowest BCUT2D eigenvalue weighted by molar-refractivity contribution is 0.121. The van der Waals surface area contributed by atoms with Gasteiger partial charge in [-0.05, 0) is 28.9 Å². The molecule has 1 unspecified atom stereocenters. The summed E-state index contributed by atoms with van der Waals surface area (Å²) in [4.78, 5) is 12.2. The van der Waals surface area contributed by atoms with Gasteiger partial charge in [0.05, 0.1) is 19.3 Å². The summed E-state index contributed by atoms with van der Waals surface area (Å²) in [5, 5.41) is 12.6. The molecule has 4 rings (SSSR count). The monoisotopic (exact) mass is 371 g/mol. The standard InChI is InChI=1S/C20H22NO4P/c1-26(24)11-18(19(22)12-26)21-20(23)25-10-17-15-8-4-2-6-13(15)14-7-3-5-9-16(14)17/h2-9,17-19,22H,10-12H2,1H3,(H,21,23)/t18-,19-,26?/m0/s1. The highest BCUT2D eigenvalue weighted by Crippen LogP contribution is 2.48. The maximum atomic E-state index is 12.2. The average molecular weight is 371 g/mol. The third-order valence-electron chi connectivity index (χ3n) is 5.27. The summed E-state index contributed by atoms with van der Waals surface area (Å²) < 4.78 is 17.6. The second-order valence-electron chi connectivity index (χ2n) is 7.31. The van der Waals surface area contributed by atoms with Gasteiger partial charge in [0, 0.05) is 18.2 Å². The molecule has 5 nitrogen and oxygen atoms in total. The molecule has 0 aromatic heterocycles. The molecule has 0 saturated carbocycles. The fourth-order valence-electron chi connectivity index (χ4n) is 4.07. The highest BCUT2D eigenvalue weighted by molar-refractivity contribution is 7.63. The summed E-state index contributed by atoms with van der Waals surface area (Å²) in [5.41, 5.74) is 4.66. The number of benzene rings is 2. The third kappa shape index (κ3) is 3.17. The van der Waals surface area contributed by atoms with E-state index >= 15 is 0 Å². The van der Waals surface area contributed by atoms with Crippen LogP contribution in [0.1, 0.15) is 17.0 Å². The number of aliphatic hydroxyl groups is 1. The number of rotatable bonds is 3. The minimum atomic E-state index is -2.36. The Balaban J connectivity index is 1.45. The van der Waals surface area contributed by atoms with Crippen LogP contribution in [-0.4, -0.2) is 48.9 Å². The van der Waals surface area contributed by atoms with Gasteiger partial charge >= 0.3 is 6.09 Å². The number of carbonyl (C=O) groups is 1. The summed E-state index contributed by atoms with van der Waals surface area (Å²) in [6, 6.07) is 15.8. The van der Waals surface area contributed by atoms with E-state index in [1.54, 1.807) is 6.66 Å². The molecule has 1 fully saturated rings. The summed E-state index contributed by atoms with van der Waals surface area (Å²) in [6.45, 7) is 1.89. The molecule has 1 aliphatic heterocycles. The zero-order valence-electron chi connectivity index (χ0n) is 14.6. The number of hydrogen-bond donors (Lipinski definition) is 2. The van der Waals surface area contributed by atoms with Crippen LogP contribution in [0.2, 0.25) is 0 Å². The van der Waals surface area contributed by atoms with E-state index in [1.165, 1.54) is 11.1 Å². The van der Waals surface area contributed by atoms with E-state index in [-0.39, 0.29) is 18.7 Å². The lowest BCUT2D eigenvalue weighted by atomic mass is 9.98. The lowest BCUT2D eigenvalue weighted by Gasteiger charge is -2.18. The van der Waals surface area contributed by atoms with Crippen molar-refractivity contribution in [2.45, 2.75) is 18.1 Å². The molecule has 1 aliphatic carbocycles. The molecule has 26 heavy (non-hydrogen) atoms. The molecule has 6 heteroatoms. The van der Waals surface area contributed by atoms with E-state index in [4.69, 9.17) is 4.74 Å². The van der Waals surface area contributed by atoms with Crippen molar-refractivity contribution < 1.29 is 19.2 Å². The normalized spacial score (nSPS) is 27.0. The van der Waals surface area contributed by atoms with Crippen molar-refractivity contribution in [3.8, 4) is 11.1 Å². The number of aliphatic hydroxyl groups excluding tert-OH is 1. The van der Waals surface area contributed by atoms with Gasteiger partial charge in [-0.1, -0.05) is 48.5 Å². The van der Waals surface area contributed by atoms with E-state index < -0.39 is 25.4 Å². The molecule has 136 valence electrons. The van der Waals surface area contributed by atoms with Crippen molar-refractivity contribution in [1.29, 1.82) is 0 Å². The zero-order valence-corrected chi connectivity index (χ0v) is 15.5. The Kier molecular flexibility index (Phi) is 4.37. The molecule has 2 aliphatic rings. The molecule has 3 atom stereocenters. The predicted octanol–water partition coefficient (Wildman–Crippen LogP) is 3.26. The van der Waals surface area contributed by atoms with Crippen molar-refractivity contribution in [1.82, 2.24) is 5.32 Å². The molecule has 0 radical (unpaired) electrons. The van der Waals surface area contributed by atoms with Gasteiger partial charge in [0.25, 0.3) is 0 Å². The van der Waals surface area contributed by atoms with Crippen LogP contribution in [0.15, 0.2) is 48.5 Å². The Morgan fingerprint density at radius 3 is 2.23 bits per heavy atom. The van der Waals surface area contributed by atoms with Crippen LogP contribution in [0.5, 0.6) is 0 Å². The van der Waals surface area contributed by atoms with Gasteiger partial charge in [0.15, 0.2) is 0 Å². The largest absolute Gasteiger partial charge is 0.449 e. The second-order valence-corrected chi connectivity index (χ2v) is 10.6. The molecule has 1 heterocycles. The van der Waals surface area contributed by atoms with Gasteiger partial charge in [0.1, 0.15) is 6.61 Å². The van der Waals surface area contributed by atoms with E-state index in [9.17, 15) is 14.5 Å². The molecule has 0 bridgehead atoms. The number of ether oxygens (including phenoxy) is 1. The average Bonchev–Trinajstić information content (AvgIpc) is 3.06. The number of carbonyl (C=O) groups excluding carboxylic acids is 1. The Morgan fingerprint density at radius 1 is 1.12 bits per heavy atom. The van der Waals surface area contributed by atoms with Gasteiger partial charge in [-0.2, -0.15) is 0 Å². The van der Waals surface area contributed by atoms with Gasteiger partial charge in [0.2, 0.25) is 0 Å². The Hall–Kier alpha value is -2.10. The summed E-state index contributed by atoms with van der Waals surface area (Å²) >= 11 is 0. The summed E-state index contributed by atoms with van der Waals surface area (Å²) in [5.74, 6) is -0.000995. The van der Waals surface area contributed by atoms with Crippen LogP contribution >= 0.6 is 7.14 Å². The van der Waals surface area contributed by atoms with Crippen molar-refractivity contribution >= 4 is 13.2 Å². The quantitative estimate of drug-likeness (QED) is 0.812. The fraction of sp³-hybridized carbons (Fsp3) is 0.350. The first kappa shape index (κ1) is 17.3. The van der Waals surface area contributed by atoms with Crippen LogP contribution < -0.4 is 5.32 Å². The van der Waals surface area contributed by atoms with Gasteiger partial charge in [-0.15, -0.1) is 0 Å². The smallest absolute Gasteiger partial charge is 0.407 e. The topological polar surface area (TPSA) is 75.6 Å². The SMILES string of the molecule is CP1(=O)C[C@H](NC(=O)OCC2c3ccccc3-c3ccccc32)[C@@H](O)C1. The van der Waals surface area contributed by atoms with E-state index in [0.717, 1.165) is 11.1 Å². The maximum absolute atomic E-state index is 12.2. The van der Waals surface area contributed by atoms with Gasteiger partial charge in [-0.25, -0.2) is 4.79 Å². The van der Waals surface area contributed by atoms with E-state index in [0.29, 0.717) is 6.16 Å². The first-order valence-corrected chi connectivity index (χ1v) is 11.3. The third-order valence-corrected chi connectivity index (χ3v) is 7.58. The molecule has 1 saturated heterocycles. The van der Waals surface area contributed by atoms with Crippen molar-refractivity contribution in [3.63, 3.8) is 0 Å². The zero-order chi connectivity index (χ0) is 18.3. The molecular weight excluding hydrogens is 349 g/mol. The lowest BCUT2D eigenvalue weighted by Crippen LogP contribution is -2.43. The summed E-state index contributed by atoms with van der Waals surface area (Å²) in [7, 11) is -2.36. The minimum Gasteiger partial charge on any atom is -0.449 e. The first-order valence-electron chi connectivity index (χ1n) is 8.80. The van der Waals surface area contributed by atoms with Crippen molar-refractivity contribution in [3.05, 3.63) is 59.7 Å². The molecule has 1 amide bonds. The number of nitrogens with one attached hydrogen (secondary N) is 1. The fourth-order valence-corrected chi connectivity index (χ4v) is 6.43. The second kappa shape index (κ2) is 6.57. The Morgan fingerprint density at radius 2 is 1.69 bits per heavy atom. The highest BCUT2D eigenvalue weighted by atomic mass is 31.2. The predicted molar refractivity (Wildman–Crippen MR) is 101 cm³/mol. The highest BCUT2D eigenvalue weighted by Gasteiger charge is 2.39. The van der Waals surface area contributed by atoms with Crippen molar-refractivity contribution in [2.24, 2.45) is 0 Å². The molecule has 0 spiro atoms. The molecule has 2 N–H and O–H groups in total. The van der Waals surface area contributed by atoms with Crippen LogP contribution in [-0.2, 0) is 9.30 Å². The number of amides is 1. The van der Waals surface area contributed by atoms with Crippen LogP contribution in [0.25, 0.3) is 11.1 Å². The first-order chi connectivity index (χ1) is 12.4. The van der Waals surface area contributed by atoms with E-state index in [1.807, 2.05) is 24.3 Å². The van der Waals surface area contributed by atoms with Crippen molar-refractivity contribution in [2.75, 3.05) is 25.6 Å². The number of fused-ring (bicyclic) bond motifs is 3. The molecule has 2 aromatic rings. The van der Waals surface area contributed by atoms with Gasteiger partial charge < -0.3 is 19.7 Å². The summed E-state index contributed by atoms with van der Waals surface area (Å²) in [6.07, 6.45) is -0.774. The van der Waals surface area contributed by atoms with E-state index in [2.05, 4.69) is 29.6 Å². The number of hydrogen-bond acceptors (Lipinski definition) is 4. The van der Waals surface area contributed by atoms with Crippen LogP contribution in [0.4, 0.5) is 4.79 Å².